The van der Waals surface area contributed by atoms with Crippen molar-refractivity contribution in [3.05, 3.63) is 96.6 Å². The Hall–Kier alpha value is -2.89. The van der Waals surface area contributed by atoms with Gasteiger partial charge < -0.3 is 10.1 Å². The van der Waals surface area contributed by atoms with Crippen molar-refractivity contribution in [2.24, 2.45) is 5.10 Å². The van der Waals surface area contributed by atoms with Crippen molar-refractivity contribution in [3.63, 3.8) is 0 Å². The maximum Gasteiger partial charge on any atom is 0.343 e. The van der Waals surface area contributed by atoms with Gasteiger partial charge in [0.2, 0.25) is 0 Å². The van der Waals surface area contributed by atoms with Crippen LogP contribution in [0.4, 0.5) is 4.39 Å². The number of hydrogen-bond donors (Lipinski definition) is 2. The summed E-state index contributed by atoms with van der Waals surface area (Å²) in [7, 11) is 0. The first-order valence-electron chi connectivity index (χ1n) is 9.56. The van der Waals surface area contributed by atoms with Gasteiger partial charge in [-0.2, -0.15) is 5.10 Å². The third-order valence-corrected chi connectivity index (χ3v) is 5.95. The van der Waals surface area contributed by atoms with Gasteiger partial charge in [0.1, 0.15) is 5.82 Å². The third kappa shape index (κ3) is 7.05. The first kappa shape index (κ1) is 25.7. The van der Waals surface area contributed by atoms with Gasteiger partial charge in [-0.25, -0.2) is 14.6 Å². The molecule has 174 valence electrons. The molecule has 0 aliphatic rings. The summed E-state index contributed by atoms with van der Waals surface area (Å²) < 4.78 is 20.6. The molecule has 0 heterocycles. The molecule has 0 fully saturated rings. The molecular formula is C23H15Br3FN3O4. The summed E-state index contributed by atoms with van der Waals surface area (Å²) in [4.78, 5) is 36.7. The fourth-order valence-corrected chi connectivity index (χ4v) is 4.47. The number of esters is 1. The normalized spacial score (nSPS) is 10.7. The second-order valence-corrected chi connectivity index (χ2v) is 9.29. The number of carbonyl (C=O) groups excluding carboxylic acids is 3. The van der Waals surface area contributed by atoms with Gasteiger partial charge in [-0.1, -0.05) is 34.1 Å². The van der Waals surface area contributed by atoms with Crippen molar-refractivity contribution in [3.8, 4) is 5.75 Å². The van der Waals surface area contributed by atoms with Crippen molar-refractivity contribution in [2.45, 2.75) is 0 Å². The van der Waals surface area contributed by atoms with Crippen LogP contribution in [0.2, 0.25) is 0 Å². The molecule has 0 atom stereocenters. The van der Waals surface area contributed by atoms with Gasteiger partial charge in [0.25, 0.3) is 11.8 Å². The lowest BCUT2D eigenvalue weighted by Crippen LogP contribution is -2.35. The van der Waals surface area contributed by atoms with Crippen LogP contribution in [-0.2, 0) is 4.79 Å². The lowest BCUT2D eigenvalue weighted by atomic mass is 10.2. The van der Waals surface area contributed by atoms with E-state index in [0.717, 1.165) is 6.07 Å². The van der Waals surface area contributed by atoms with Crippen LogP contribution in [0, 0.1) is 5.82 Å². The minimum Gasteiger partial charge on any atom is -0.421 e. The molecule has 3 rings (SSSR count). The number of ether oxygens (including phenoxy) is 1. The third-order valence-electron chi connectivity index (χ3n) is 4.21. The molecule has 2 amide bonds. The first-order valence-corrected chi connectivity index (χ1v) is 11.9. The van der Waals surface area contributed by atoms with Crippen molar-refractivity contribution in [1.82, 2.24) is 10.7 Å². The predicted octanol–water partition coefficient (Wildman–Crippen LogP) is 5.21. The predicted molar refractivity (Wildman–Crippen MR) is 135 cm³/mol. The van der Waals surface area contributed by atoms with Gasteiger partial charge in [-0.3, -0.25) is 9.59 Å². The van der Waals surface area contributed by atoms with Crippen molar-refractivity contribution in [2.75, 3.05) is 6.54 Å². The molecule has 0 spiro atoms. The summed E-state index contributed by atoms with van der Waals surface area (Å²) >= 11 is 9.94. The van der Waals surface area contributed by atoms with Crippen LogP contribution in [0.3, 0.4) is 0 Å². The highest BCUT2D eigenvalue weighted by Crippen LogP contribution is 2.32. The molecule has 34 heavy (non-hydrogen) atoms. The standard InChI is InChI=1S/C23H15Br3FN3O4/c24-15-8-14(21(19(26)10-15)34-23(33)13-4-3-5-16(27)9-13)11-29-30-20(31)12-28-22(32)17-6-1-2-7-18(17)25/h1-11H,12H2,(H,28,32)(H,30,31). The minimum absolute atomic E-state index is 0.0341. The summed E-state index contributed by atoms with van der Waals surface area (Å²) in [6, 6.07) is 15.2. The van der Waals surface area contributed by atoms with Crippen molar-refractivity contribution < 1.29 is 23.5 Å². The second kappa shape index (κ2) is 12.0. The Morgan fingerprint density at radius 1 is 0.971 bits per heavy atom. The highest BCUT2D eigenvalue weighted by atomic mass is 79.9. The number of carbonyl (C=O) groups is 3. The fourth-order valence-electron chi connectivity index (χ4n) is 2.67. The molecule has 0 saturated heterocycles. The van der Waals surface area contributed by atoms with Gasteiger partial charge in [0.05, 0.1) is 28.4 Å². The maximum atomic E-state index is 13.4. The Morgan fingerprint density at radius 3 is 2.47 bits per heavy atom. The number of halogens is 4. The van der Waals surface area contributed by atoms with E-state index in [1.165, 1.54) is 24.4 Å². The molecule has 0 bridgehead atoms. The van der Waals surface area contributed by atoms with E-state index >= 15 is 0 Å². The molecule has 11 heteroatoms. The molecule has 2 N–H and O–H groups in total. The van der Waals surface area contributed by atoms with Gasteiger partial charge in [0.15, 0.2) is 5.75 Å². The Bertz CT molecular complexity index is 1280. The van der Waals surface area contributed by atoms with Gasteiger partial charge in [-0.05, 0) is 74.3 Å². The van der Waals surface area contributed by atoms with Crippen molar-refractivity contribution in [1.29, 1.82) is 0 Å². The molecule has 0 radical (unpaired) electrons. The Morgan fingerprint density at radius 2 is 1.74 bits per heavy atom. The number of nitrogens with one attached hydrogen (secondary N) is 2. The average Bonchev–Trinajstić information content (AvgIpc) is 2.79. The molecule has 0 saturated carbocycles. The van der Waals surface area contributed by atoms with E-state index in [0.29, 0.717) is 24.5 Å². The van der Waals surface area contributed by atoms with E-state index < -0.39 is 23.6 Å². The number of hydrazone groups is 1. The van der Waals surface area contributed by atoms with Crippen LogP contribution < -0.4 is 15.5 Å². The quantitative estimate of drug-likeness (QED) is 0.158. The van der Waals surface area contributed by atoms with E-state index in [9.17, 15) is 18.8 Å². The molecule has 7 nitrogen and oxygen atoms in total. The van der Waals surface area contributed by atoms with E-state index in [-0.39, 0.29) is 17.9 Å². The molecule has 3 aromatic rings. The zero-order chi connectivity index (χ0) is 24.7. The highest BCUT2D eigenvalue weighted by Gasteiger charge is 2.16. The average molecular weight is 656 g/mol. The summed E-state index contributed by atoms with van der Waals surface area (Å²) in [6.45, 7) is -0.304. The first-order chi connectivity index (χ1) is 16.2. The van der Waals surface area contributed by atoms with Crippen LogP contribution in [0.1, 0.15) is 26.3 Å². The Balaban J connectivity index is 1.66. The van der Waals surface area contributed by atoms with E-state index in [1.54, 1.807) is 36.4 Å². The summed E-state index contributed by atoms with van der Waals surface area (Å²) in [5.41, 5.74) is 3.07. The zero-order valence-corrected chi connectivity index (χ0v) is 21.9. The molecular weight excluding hydrogens is 641 g/mol. The van der Waals surface area contributed by atoms with Crippen LogP contribution in [-0.4, -0.2) is 30.5 Å². The second-order valence-electron chi connectivity index (χ2n) is 6.66. The minimum atomic E-state index is -0.768. The Kier molecular flexibility index (Phi) is 9.08. The Labute approximate surface area is 219 Å². The summed E-state index contributed by atoms with van der Waals surface area (Å²) in [5, 5.41) is 6.37. The smallest absolute Gasteiger partial charge is 0.343 e. The molecule has 0 aliphatic carbocycles. The van der Waals surface area contributed by atoms with Crippen LogP contribution in [0.5, 0.6) is 5.75 Å². The monoisotopic (exact) mass is 653 g/mol. The fraction of sp³-hybridized carbons (Fsp3) is 0.0435. The number of amides is 2. The van der Waals surface area contributed by atoms with Crippen LogP contribution in [0.25, 0.3) is 0 Å². The zero-order valence-electron chi connectivity index (χ0n) is 17.2. The molecule has 0 aromatic heterocycles. The van der Waals surface area contributed by atoms with Gasteiger partial charge in [0, 0.05) is 14.5 Å². The lowest BCUT2D eigenvalue weighted by Gasteiger charge is -2.11. The van der Waals surface area contributed by atoms with Crippen LogP contribution >= 0.6 is 47.8 Å². The van der Waals surface area contributed by atoms with Gasteiger partial charge >= 0.3 is 5.97 Å². The van der Waals surface area contributed by atoms with Gasteiger partial charge in [-0.15, -0.1) is 0 Å². The molecule has 0 aliphatic heterocycles. The van der Waals surface area contributed by atoms with Crippen LogP contribution in [0.15, 0.2) is 79.2 Å². The number of benzene rings is 3. The number of hydrogen-bond acceptors (Lipinski definition) is 5. The largest absolute Gasteiger partial charge is 0.421 e. The molecule has 3 aromatic carbocycles. The van der Waals surface area contributed by atoms with E-state index in [1.807, 2.05) is 0 Å². The van der Waals surface area contributed by atoms with E-state index in [2.05, 4.69) is 63.6 Å². The number of nitrogens with zero attached hydrogens (tertiary/aromatic N) is 1. The lowest BCUT2D eigenvalue weighted by molar-refractivity contribution is -0.120. The highest BCUT2D eigenvalue weighted by molar-refractivity contribution is 9.11. The van der Waals surface area contributed by atoms with E-state index in [4.69, 9.17) is 4.74 Å². The SMILES string of the molecule is O=C(CNC(=O)c1ccccc1Br)NN=Cc1cc(Br)cc(Br)c1OC(=O)c1cccc(F)c1. The maximum absolute atomic E-state index is 13.4. The molecule has 0 unspecified atom stereocenters. The topological polar surface area (TPSA) is 96.9 Å². The number of rotatable bonds is 7. The summed E-state index contributed by atoms with van der Waals surface area (Å²) in [5.74, 6) is -2.20. The van der Waals surface area contributed by atoms with Crippen molar-refractivity contribution >= 4 is 71.8 Å². The summed E-state index contributed by atoms with van der Waals surface area (Å²) in [6.07, 6.45) is 1.28.